The molecule has 37 heavy (non-hydrogen) atoms. The van der Waals surface area contributed by atoms with Crippen LogP contribution in [-0.4, -0.2) is 34.9 Å². The van der Waals surface area contributed by atoms with Crippen molar-refractivity contribution < 1.29 is 22.7 Å². The smallest absolute Gasteiger partial charge is 0.416 e. The number of carbonyl (C=O) groups is 1. The second kappa shape index (κ2) is 10.8. The lowest BCUT2D eigenvalue weighted by atomic mass is 10.1. The average Bonchev–Trinajstić information content (AvgIpc) is 3.44. The lowest BCUT2D eigenvalue weighted by molar-refractivity contribution is -0.147. The zero-order valence-corrected chi connectivity index (χ0v) is 20.9. The van der Waals surface area contributed by atoms with Gasteiger partial charge in [-0.2, -0.15) is 23.3 Å². The van der Waals surface area contributed by atoms with Crippen molar-refractivity contribution in [3.05, 3.63) is 63.4 Å². The molecule has 9 nitrogen and oxygen atoms in total. The van der Waals surface area contributed by atoms with E-state index < -0.39 is 23.3 Å². The van der Waals surface area contributed by atoms with E-state index in [0.717, 1.165) is 12.1 Å². The summed E-state index contributed by atoms with van der Waals surface area (Å²) in [6, 6.07) is 4.97. The van der Waals surface area contributed by atoms with Gasteiger partial charge in [-0.15, -0.1) is 0 Å². The second-order valence-corrected chi connectivity index (χ2v) is 8.73. The Hall–Kier alpha value is -3.67. The number of benzene rings is 1. The molecule has 0 amide bonds. The van der Waals surface area contributed by atoms with E-state index in [1.54, 1.807) is 12.3 Å². The number of imidazole rings is 1. The Bertz CT molecular complexity index is 1490. The molecule has 0 aliphatic carbocycles. The third-order valence-corrected chi connectivity index (χ3v) is 5.85. The van der Waals surface area contributed by atoms with Crippen LogP contribution in [0.1, 0.15) is 44.2 Å². The van der Waals surface area contributed by atoms with E-state index in [1.807, 2.05) is 13.8 Å². The quantitative estimate of drug-likeness (QED) is 0.223. The number of fused-ring (bicyclic) bond motifs is 1. The van der Waals surface area contributed by atoms with Gasteiger partial charge >= 0.3 is 12.1 Å². The fraction of sp³-hybridized carbons (Fsp3) is 0.375. The molecule has 1 aromatic carbocycles. The Labute approximate surface area is 214 Å². The summed E-state index contributed by atoms with van der Waals surface area (Å²) < 4.78 is 48.8. The molecule has 0 aliphatic rings. The number of aromatic nitrogens is 6. The van der Waals surface area contributed by atoms with Crippen molar-refractivity contribution in [3.63, 3.8) is 0 Å². The first-order chi connectivity index (χ1) is 17.6. The largest absolute Gasteiger partial charge is 0.444 e. The molecular weight excluding hydrogens is 513 g/mol. The van der Waals surface area contributed by atoms with Crippen LogP contribution in [0.25, 0.3) is 22.6 Å². The molecule has 0 N–H and O–H groups in total. The van der Waals surface area contributed by atoms with Crippen LogP contribution in [0.3, 0.4) is 0 Å². The van der Waals surface area contributed by atoms with E-state index in [0.29, 0.717) is 30.5 Å². The van der Waals surface area contributed by atoms with E-state index in [9.17, 15) is 22.8 Å². The molecule has 0 spiro atoms. The Kier molecular flexibility index (Phi) is 7.67. The van der Waals surface area contributed by atoms with Crippen molar-refractivity contribution in [3.8, 4) is 11.4 Å². The molecule has 0 saturated heterocycles. The molecule has 4 rings (SSSR count). The highest BCUT2D eigenvalue weighted by Crippen LogP contribution is 2.30. The molecule has 3 heterocycles. The topological polar surface area (TPSA) is 96.8 Å². The Morgan fingerprint density at radius 1 is 1.14 bits per heavy atom. The van der Waals surface area contributed by atoms with Gasteiger partial charge in [-0.25, -0.2) is 4.98 Å². The summed E-state index contributed by atoms with van der Waals surface area (Å²) in [6.07, 6.45) is 0.0372. The van der Waals surface area contributed by atoms with Crippen molar-refractivity contribution in [2.75, 3.05) is 0 Å². The van der Waals surface area contributed by atoms with Gasteiger partial charge in [0.1, 0.15) is 5.82 Å². The van der Waals surface area contributed by atoms with Gasteiger partial charge in [-0.1, -0.05) is 26.0 Å². The van der Waals surface area contributed by atoms with Gasteiger partial charge in [0.05, 0.1) is 23.9 Å². The Morgan fingerprint density at radius 3 is 2.62 bits per heavy atom. The number of nitrogens with zero attached hydrogens (tertiary/aromatic N) is 6. The fourth-order valence-corrected chi connectivity index (χ4v) is 4.10. The first-order valence-electron chi connectivity index (χ1n) is 11.6. The van der Waals surface area contributed by atoms with Crippen LogP contribution < -0.4 is 5.56 Å². The lowest BCUT2D eigenvalue weighted by Crippen LogP contribution is -2.24. The summed E-state index contributed by atoms with van der Waals surface area (Å²) in [5.41, 5.74) is -0.133. The number of halogens is 4. The molecule has 0 aliphatic heterocycles. The summed E-state index contributed by atoms with van der Waals surface area (Å²) in [7, 11) is 0. The van der Waals surface area contributed by atoms with Crippen molar-refractivity contribution in [1.82, 2.24) is 28.9 Å². The molecule has 196 valence electrons. The van der Waals surface area contributed by atoms with Gasteiger partial charge in [-0.05, 0) is 42.1 Å². The molecule has 0 unspecified atom stereocenters. The SMILES string of the molecule is CCCC(=O)OCn1c(-c2cnn(Cc3cccc(C(F)(F)F)c3)c2)nc2nc(Cl)n(CCC)c(=O)c21. The van der Waals surface area contributed by atoms with Gasteiger partial charge in [0, 0.05) is 19.2 Å². The molecule has 3 aromatic heterocycles. The third kappa shape index (κ3) is 5.68. The monoisotopic (exact) mass is 536 g/mol. The number of carbonyl (C=O) groups excluding carboxylic acids is 1. The lowest BCUT2D eigenvalue weighted by Gasteiger charge is -2.10. The zero-order chi connectivity index (χ0) is 26.7. The molecule has 0 fully saturated rings. The standard InChI is InChI=1S/C24H24ClF3N6O3/c1-3-6-18(35)37-14-34-19-20(31-23(25)33(9-4-2)22(19)36)30-21(34)16-11-29-32(13-16)12-15-7-5-8-17(10-15)24(26,27)28/h5,7-8,10-11,13H,3-4,6,9,12,14H2,1-2H3. The van der Waals surface area contributed by atoms with Crippen LogP contribution in [0.5, 0.6) is 0 Å². The van der Waals surface area contributed by atoms with E-state index in [2.05, 4.69) is 15.1 Å². The molecule has 0 bridgehead atoms. The summed E-state index contributed by atoms with van der Waals surface area (Å²) >= 11 is 6.22. The van der Waals surface area contributed by atoms with Gasteiger partial charge < -0.3 is 4.74 Å². The molecule has 0 radical (unpaired) electrons. The number of alkyl halides is 3. The number of ether oxygens (including phenoxy) is 1. The van der Waals surface area contributed by atoms with Crippen molar-refractivity contribution in [1.29, 1.82) is 0 Å². The molecule has 0 saturated carbocycles. The normalized spacial score (nSPS) is 11.8. The number of hydrogen-bond donors (Lipinski definition) is 0. The van der Waals surface area contributed by atoms with E-state index in [1.165, 1.54) is 26.1 Å². The molecular formula is C24H24ClF3N6O3. The third-order valence-electron chi connectivity index (χ3n) is 5.56. The summed E-state index contributed by atoms with van der Waals surface area (Å²) in [4.78, 5) is 34.0. The summed E-state index contributed by atoms with van der Waals surface area (Å²) in [6.45, 7) is 3.86. The predicted octanol–water partition coefficient (Wildman–Crippen LogP) is 4.89. The first-order valence-corrected chi connectivity index (χ1v) is 12.0. The maximum atomic E-state index is 13.3. The van der Waals surface area contributed by atoms with Gasteiger partial charge in [0.15, 0.2) is 17.9 Å². The van der Waals surface area contributed by atoms with Gasteiger partial charge in [0.2, 0.25) is 5.28 Å². The molecule has 4 aromatic rings. The minimum absolute atomic E-state index is 0.0150. The van der Waals surface area contributed by atoms with Crippen molar-refractivity contribution >= 4 is 28.7 Å². The van der Waals surface area contributed by atoms with E-state index in [-0.39, 0.29) is 42.0 Å². The minimum atomic E-state index is -4.45. The number of rotatable bonds is 9. The number of hydrogen-bond acceptors (Lipinski definition) is 6. The number of esters is 1. The maximum Gasteiger partial charge on any atom is 0.416 e. The van der Waals surface area contributed by atoms with Crippen LogP contribution in [-0.2, 0) is 35.5 Å². The second-order valence-electron chi connectivity index (χ2n) is 8.39. The Balaban J connectivity index is 1.74. The van der Waals surface area contributed by atoms with Crippen molar-refractivity contribution in [2.24, 2.45) is 0 Å². The maximum absolute atomic E-state index is 13.3. The average molecular weight is 537 g/mol. The van der Waals surface area contributed by atoms with Crippen LogP contribution in [0.4, 0.5) is 13.2 Å². The van der Waals surface area contributed by atoms with E-state index in [4.69, 9.17) is 16.3 Å². The highest BCUT2D eigenvalue weighted by atomic mass is 35.5. The minimum Gasteiger partial charge on any atom is -0.444 e. The Morgan fingerprint density at radius 2 is 1.92 bits per heavy atom. The molecule has 13 heteroatoms. The summed E-state index contributed by atoms with van der Waals surface area (Å²) in [5, 5.41) is 4.23. The zero-order valence-electron chi connectivity index (χ0n) is 20.1. The van der Waals surface area contributed by atoms with Gasteiger partial charge in [-0.3, -0.25) is 23.4 Å². The first kappa shape index (κ1) is 26.4. The van der Waals surface area contributed by atoms with Gasteiger partial charge in [0.25, 0.3) is 5.56 Å². The van der Waals surface area contributed by atoms with Crippen molar-refractivity contribution in [2.45, 2.75) is 59.1 Å². The molecule has 0 atom stereocenters. The highest BCUT2D eigenvalue weighted by molar-refractivity contribution is 6.28. The summed E-state index contributed by atoms with van der Waals surface area (Å²) in [5.74, 6) is -0.184. The highest BCUT2D eigenvalue weighted by Gasteiger charge is 2.30. The van der Waals surface area contributed by atoms with E-state index >= 15 is 0 Å². The fourth-order valence-electron chi connectivity index (χ4n) is 3.86. The predicted molar refractivity (Wildman–Crippen MR) is 130 cm³/mol. The van der Waals surface area contributed by atoms with Crippen LogP contribution >= 0.6 is 11.6 Å². The van der Waals surface area contributed by atoms with Crippen LogP contribution in [0, 0.1) is 0 Å². The van der Waals surface area contributed by atoms with Crippen LogP contribution in [0.2, 0.25) is 5.28 Å². The van der Waals surface area contributed by atoms with Crippen LogP contribution in [0.15, 0.2) is 41.5 Å².